The van der Waals surface area contributed by atoms with Gasteiger partial charge in [0, 0.05) is 0 Å². The van der Waals surface area contributed by atoms with E-state index in [1.165, 1.54) is 0 Å². The van der Waals surface area contributed by atoms with E-state index in [9.17, 15) is 4.79 Å². The Bertz CT molecular complexity index is 340. The topological polar surface area (TPSA) is 89.1 Å². The van der Waals surface area contributed by atoms with Crippen LogP contribution in [0, 0.1) is 22.7 Å². The fourth-order valence-corrected chi connectivity index (χ4v) is 1.44. The van der Waals surface area contributed by atoms with Crippen molar-refractivity contribution in [3.8, 4) is 6.07 Å². The van der Waals surface area contributed by atoms with Crippen LogP contribution in [-0.2, 0) is 4.79 Å². The molecule has 1 atom stereocenters. The minimum Gasteiger partial charge on any atom is -0.303 e. The number of amides is 1. The number of nitriles is 1. The second-order valence-electron chi connectivity index (χ2n) is 3.75. The number of nitrogens with one attached hydrogen (secondary N) is 2. The van der Waals surface area contributed by atoms with Gasteiger partial charge in [-0.25, -0.2) is 5.43 Å². The average Bonchev–Trinajstić information content (AvgIpc) is 2.20. The van der Waals surface area contributed by atoms with Crippen molar-refractivity contribution in [3.63, 3.8) is 0 Å². The van der Waals surface area contributed by atoms with Gasteiger partial charge >= 0.3 is 0 Å². The van der Waals surface area contributed by atoms with Crippen molar-refractivity contribution >= 4 is 17.3 Å². The summed E-state index contributed by atoms with van der Waals surface area (Å²) in [5.41, 5.74) is 3.42. The predicted octanol–water partition coefficient (Wildman–Crippen LogP) is 1.21. The maximum Gasteiger partial charge on any atom is 0.254 e. The summed E-state index contributed by atoms with van der Waals surface area (Å²) in [6.45, 7) is 2.10. The van der Waals surface area contributed by atoms with Crippen LogP contribution >= 0.6 is 0 Å². The number of nitrogens with zero attached hydrogens (tertiary/aromatic N) is 2. The highest BCUT2D eigenvalue weighted by Crippen LogP contribution is 2.18. The first kappa shape index (κ1) is 11.4. The van der Waals surface area contributed by atoms with Crippen molar-refractivity contribution in [1.82, 2.24) is 5.43 Å². The maximum absolute atomic E-state index is 11.0. The molecule has 15 heavy (non-hydrogen) atoms. The minimum atomic E-state index is -0.420. The van der Waals surface area contributed by atoms with Gasteiger partial charge in [0.05, 0.1) is 17.5 Å². The SMILES string of the molecule is CC1CCC(=N)/C(=N\NC(=O)CC#N)C1. The molecular weight excluding hydrogens is 192 g/mol. The van der Waals surface area contributed by atoms with Gasteiger partial charge in [0.25, 0.3) is 5.91 Å². The Morgan fingerprint density at radius 2 is 2.53 bits per heavy atom. The smallest absolute Gasteiger partial charge is 0.254 e. The van der Waals surface area contributed by atoms with Gasteiger partial charge in [-0.05, 0) is 25.2 Å². The molecule has 1 aliphatic carbocycles. The zero-order valence-electron chi connectivity index (χ0n) is 8.71. The van der Waals surface area contributed by atoms with Crippen LogP contribution in [0.1, 0.15) is 32.6 Å². The number of carbonyl (C=O) groups excluding carboxylic acids is 1. The molecule has 1 rings (SSSR count). The predicted molar refractivity (Wildman–Crippen MR) is 56.5 cm³/mol. The summed E-state index contributed by atoms with van der Waals surface area (Å²) >= 11 is 0. The molecule has 0 aliphatic heterocycles. The van der Waals surface area contributed by atoms with E-state index in [4.69, 9.17) is 10.7 Å². The zero-order valence-corrected chi connectivity index (χ0v) is 8.71. The van der Waals surface area contributed by atoms with E-state index >= 15 is 0 Å². The van der Waals surface area contributed by atoms with E-state index in [1.807, 2.05) is 0 Å². The van der Waals surface area contributed by atoms with Gasteiger partial charge in [-0.15, -0.1) is 0 Å². The summed E-state index contributed by atoms with van der Waals surface area (Å²) in [7, 11) is 0. The summed E-state index contributed by atoms with van der Waals surface area (Å²) in [6, 6.07) is 1.74. The third-order valence-electron chi connectivity index (χ3n) is 2.33. The molecule has 0 aromatic carbocycles. The van der Waals surface area contributed by atoms with Crippen molar-refractivity contribution in [1.29, 1.82) is 10.7 Å². The highest BCUT2D eigenvalue weighted by Gasteiger charge is 2.19. The molecule has 1 saturated carbocycles. The second kappa shape index (κ2) is 5.25. The fraction of sp³-hybridized carbons (Fsp3) is 0.600. The van der Waals surface area contributed by atoms with E-state index in [1.54, 1.807) is 6.07 Å². The molecule has 0 spiro atoms. The summed E-state index contributed by atoms with van der Waals surface area (Å²) < 4.78 is 0. The van der Waals surface area contributed by atoms with Crippen molar-refractivity contribution in [2.24, 2.45) is 11.0 Å². The van der Waals surface area contributed by atoms with Gasteiger partial charge in [0.1, 0.15) is 6.42 Å². The Balaban J connectivity index is 2.54. The molecule has 0 saturated heterocycles. The van der Waals surface area contributed by atoms with Gasteiger partial charge in [0.15, 0.2) is 0 Å². The lowest BCUT2D eigenvalue weighted by Gasteiger charge is -2.19. The molecule has 0 aromatic heterocycles. The molecule has 1 amide bonds. The summed E-state index contributed by atoms with van der Waals surface area (Å²) in [5, 5.41) is 19.8. The molecular formula is C10H14N4O. The van der Waals surface area contributed by atoms with Gasteiger partial charge in [0.2, 0.25) is 0 Å². The van der Waals surface area contributed by atoms with Crippen LogP contribution in [0.4, 0.5) is 0 Å². The minimum absolute atomic E-state index is 0.195. The van der Waals surface area contributed by atoms with Crippen LogP contribution < -0.4 is 5.43 Å². The molecule has 1 unspecified atom stereocenters. The van der Waals surface area contributed by atoms with Crippen LogP contribution in [0.15, 0.2) is 5.10 Å². The molecule has 0 aromatic rings. The van der Waals surface area contributed by atoms with Gasteiger partial charge in [-0.2, -0.15) is 10.4 Å². The van der Waals surface area contributed by atoms with Gasteiger partial charge in [-0.3, -0.25) is 4.79 Å². The molecule has 0 bridgehead atoms. The molecule has 0 radical (unpaired) electrons. The van der Waals surface area contributed by atoms with Crippen molar-refractivity contribution in [2.45, 2.75) is 32.6 Å². The molecule has 80 valence electrons. The van der Waals surface area contributed by atoms with E-state index in [-0.39, 0.29) is 6.42 Å². The van der Waals surface area contributed by atoms with Crippen LogP contribution in [0.2, 0.25) is 0 Å². The molecule has 5 heteroatoms. The number of hydrogen-bond donors (Lipinski definition) is 2. The lowest BCUT2D eigenvalue weighted by atomic mass is 9.88. The Morgan fingerprint density at radius 3 is 3.20 bits per heavy atom. The lowest BCUT2D eigenvalue weighted by molar-refractivity contribution is -0.120. The number of hydrazone groups is 1. The van der Waals surface area contributed by atoms with Crippen LogP contribution in [-0.4, -0.2) is 17.3 Å². The number of carbonyl (C=O) groups is 1. The quantitative estimate of drug-likeness (QED) is 0.665. The summed E-state index contributed by atoms with van der Waals surface area (Å²) in [5.74, 6) is 0.0849. The Labute approximate surface area is 88.7 Å². The Morgan fingerprint density at radius 1 is 1.80 bits per heavy atom. The average molecular weight is 206 g/mol. The molecule has 2 N–H and O–H groups in total. The third-order valence-corrected chi connectivity index (χ3v) is 2.33. The fourth-order valence-electron chi connectivity index (χ4n) is 1.44. The first-order valence-corrected chi connectivity index (χ1v) is 4.93. The highest BCUT2D eigenvalue weighted by molar-refractivity contribution is 6.41. The van der Waals surface area contributed by atoms with E-state index in [0.717, 1.165) is 12.8 Å². The van der Waals surface area contributed by atoms with Crippen LogP contribution in [0.5, 0.6) is 0 Å². The maximum atomic E-state index is 11.0. The second-order valence-corrected chi connectivity index (χ2v) is 3.75. The Hall–Kier alpha value is -1.70. The first-order valence-electron chi connectivity index (χ1n) is 4.93. The monoisotopic (exact) mass is 206 g/mol. The molecule has 1 aliphatic rings. The molecule has 5 nitrogen and oxygen atoms in total. The zero-order chi connectivity index (χ0) is 11.3. The normalized spacial score (nSPS) is 23.6. The third kappa shape index (κ3) is 3.50. The highest BCUT2D eigenvalue weighted by atomic mass is 16.2. The standard InChI is InChI=1S/C10H14N4O/c1-7-2-3-8(12)9(6-7)13-14-10(15)4-5-11/h7,12H,2-4,6H2,1H3,(H,14,15)/b12-8?,13-9-. The summed E-state index contributed by atoms with van der Waals surface area (Å²) in [4.78, 5) is 11.0. The van der Waals surface area contributed by atoms with Gasteiger partial charge < -0.3 is 5.41 Å². The summed E-state index contributed by atoms with van der Waals surface area (Å²) in [6.07, 6.45) is 2.25. The number of rotatable bonds is 2. The largest absolute Gasteiger partial charge is 0.303 e. The van der Waals surface area contributed by atoms with Crippen LogP contribution in [0.3, 0.4) is 0 Å². The number of hydrogen-bond acceptors (Lipinski definition) is 4. The first-order chi connectivity index (χ1) is 7.13. The van der Waals surface area contributed by atoms with Crippen molar-refractivity contribution in [2.75, 3.05) is 0 Å². The molecule has 1 fully saturated rings. The van der Waals surface area contributed by atoms with Crippen molar-refractivity contribution in [3.05, 3.63) is 0 Å². The molecule has 0 heterocycles. The lowest BCUT2D eigenvalue weighted by Crippen LogP contribution is -2.27. The Kier molecular flexibility index (Phi) is 3.98. The van der Waals surface area contributed by atoms with Crippen molar-refractivity contribution < 1.29 is 4.79 Å². The van der Waals surface area contributed by atoms with E-state index in [0.29, 0.717) is 23.8 Å². The van der Waals surface area contributed by atoms with E-state index < -0.39 is 5.91 Å². The van der Waals surface area contributed by atoms with Gasteiger partial charge in [-0.1, -0.05) is 6.92 Å². The van der Waals surface area contributed by atoms with Crippen LogP contribution in [0.25, 0.3) is 0 Å². The van der Waals surface area contributed by atoms with E-state index in [2.05, 4.69) is 17.5 Å².